The molecule has 9 heteroatoms. The van der Waals surface area contributed by atoms with Crippen LogP contribution in [0.5, 0.6) is 5.75 Å². The second kappa shape index (κ2) is 9.62. The number of nitrogens with two attached hydrogens (primary N) is 1. The van der Waals surface area contributed by atoms with Gasteiger partial charge in [0, 0.05) is 24.0 Å². The maximum Gasteiger partial charge on any atom is 0.330 e. The van der Waals surface area contributed by atoms with Crippen LogP contribution in [0.4, 0.5) is 11.5 Å². The zero-order valence-electron chi connectivity index (χ0n) is 17.5. The average molecular weight is 430 g/mol. The third kappa shape index (κ3) is 4.56. The number of rotatable bonds is 9. The standard InChI is InChI=1S/C21H27N5O3S/c1-4-6-11-26-18(22)17(19(27)24-21(26)28)25(5-2)12-15-13-30-20(23-15)14-7-9-16(29-3)10-8-14/h7-10,13H,4-6,11-12,22H2,1-3H3,(H,24,27,28). The number of aromatic amines is 1. The molecular weight excluding hydrogens is 402 g/mol. The molecule has 0 aliphatic rings. The number of H-pyrrole nitrogens is 1. The molecule has 0 saturated heterocycles. The Morgan fingerprint density at radius 1 is 1.23 bits per heavy atom. The molecule has 0 unspecified atom stereocenters. The lowest BCUT2D eigenvalue weighted by molar-refractivity contribution is 0.415. The van der Waals surface area contributed by atoms with Gasteiger partial charge in [-0.15, -0.1) is 11.3 Å². The van der Waals surface area contributed by atoms with Crippen molar-refractivity contribution in [3.05, 3.63) is 56.2 Å². The summed E-state index contributed by atoms with van der Waals surface area (Å²) in [6, 6.07) is 7.72. The average Bonchev–Trinajstić information content (AvgIpc) is 3.21. The first-order valence-electron chi connectivity index (χ1n) is 9.94. The zero-order valence-corrected chi connectivity index (χ0v) is 18.3. The van der Waals surface area contributed by atoms with E-state index in [1.165, 1.54) is 15.9 Å². The zero-order chi connectivity index (χ0) is 21.7. The van der Waals surface area contributed by atoms with Crippen LogP contribution in [0.25, 0.3) is 10.6 Å². The molecule has 0 fully saturated rings. The molecule has 0 aliphatic heterocycles. The van der Waals surface area contributed by atoms with E-state index in [4.69, 9.17) is 15.5 Å². The highest BCUT2D eigenvalue weighted by molar-refractivity contribution is 7.13. The number of unbranched alkanes of at least 4 members (excludes halogenated alkanes) is 1. The lowest BCUT2D eigenvalue weighted by atomic mass is 10.2. The number of nitrogens with zero attached hydrogens (tertiary/aromatic N) is 3. The van der Waals surface area contributed by atoms with Crippen molar-refractivity contribution in [1.82, 2.24) is 14.5 Å². The fraction of sp³-hybridized carbons (Fsp3) is 0.381. The van der Waals surface area contributed by atoms with Gasteiger partial charge in [0.25, 0.3) is 5.56 Å². The van der Waals surface area contributed by atoms with Crippen molar-refractivity contribution < 1.29 is 4.74 Å². The van der Waals surface area contributed by atoms with E-state index in [-0.39, 0.29) is 5.82 Å². The van der Waals surface area contributed by atoms with E-state index in [0.717, 1.165) is 34.9 Å². The quantitative estimate of drug-likeness (QED) is 0.541. The number of anilines is 2. The summed E-state index contributed by atoms with van der Waals surface area (Å²) in [5, 5.41) is 2.86. The largest absolute Gasteiger partial charge is 0.497 e. The molecule has 3 aromatic rings. The first-order valence-corrected chi connectivity index (χ1v) is 10.8. The molecule has 0 saturated carbocycles. The van der Waals surface area contributed by atoms with Crippen LogP contribution in [0.2, 0.25) is 0 Å². The monoisotopic (exact) mass is 429 g/mol. The van der Waals surface area contributed by atoms with Gasteiger partial charge in [-0.25, -0.2) is 9.78 Å². The minimum Gasteiger partial charge on any atom is -0.497 e. The lowest BCUT2D eigenvalue weighted by Crippen LogP contribution is -2.38. The number of hydrogen-bond donors (Lipinski definition) is 2. The Kier molecular flexibility index (Phi) is 6.94. The molecule has 160 valence electrons. The van der Waals surface area contributed by atoms with Gasteiger partial charge in [0.2, 0.25) is 0 Å². The van der Waals surface area contributed by atoms with E-state index in [1.54, 1.807) is 7.11 Å². The number of ether oxygens (including phenoxy) is 1. The van der Waals surface area contributed by atoms with E-state index < -0.39 is 11.2 Å². The first-order chi connectivity index (χ1) is 14.5. The molecule has 8 nitrogen and oxygen atoms in total. The fourth-order valence-electron chi connectivity index (χ4n) is 3.21. The Morgan fingerprint density at radius 2 is 1.97 bits per heavy atom. The Labute approximate surface area is 179 Å². The van der Waals surface area contributed by atoms with Gasteiger partial charge in [-0.3, -0.25) is 14.3 Å². The summed E-state index contributed by atoms with van der Waals surface area (Å²) in [6.45, 7) is 5.42. The summed E-state index contributed by atoms with van der Waals surface area (Å²) in [7, 11) is 1.63. The minimum atomic E-state index is -0.474. The van der Waals surface area contributed by atoms with E-state index >= 15 is 0 Å². The number of aromatic nitrogens is 3. The summed E-state index contributed by atoms with van der Waals surface area (Å²) < 4.78 is 6.64. The highest BCUT2D eigenvalue weighted by atomic mass is 32.1. The maximum atomic E-state index is 12.5. The van der Waals surface area contributed by atoms with Crippen molar-refractivity contribution >= 4 is 22.8 Å². The van der Waals surface area contributed by atoms with Gasteiger partial charge in [0.05, 0.1) is 19.3 Å². The highest BCUT2D eigenvalue weighted by Crippen LogP contribution is 2.27. The predicted octanol–water partition coefficient (Wildman–Crippen LogP) is 3.08. The Balaban J connectivity index is 1.88. The maximum absolute atomic E-state index is 12.5. The molecule has 0 atom stereocenters. The lowest BCUT2D eigenvalue weighted by Gasteiger charge is -2.24. The van der Waals surface area contributed by atoms with Crippen LogP contribution in [-0.2, 0) is 13.1 Å². The molecule has 1 aromatic carbocycles. The van der Waals surface area contributed by atoms with Crippen molar-refractivity contribution in [2.45, 2.75) is 39.8 Å². The number of nitrogens with one attached hydrogen (secondary N) is 1. The third-order valence-corrected chi connectivity index (χ3v) is 5.83. The van der Waals surface area contributed by atoms with Gasteiger partial charge < -0.3 is 15.4 Å². The van der Waals surface area contributed by atoms with E-state index in [2.05, 4.69) is 4.98 Å². The van der Waals surface area contributed by atoms with E-state index in [0.29, 0.717) is 25.3 Å². The molecule has 3 rings (SSSR count). The summed E-state index contributed by atoms with van der Waals surface area (Å²) in [4.78, 5) is 33.7. The minimum absolute atomic E-state index is 0.199. The molecule has 30 heavy (non-hydrogen) atoms. The molecule has 3 N–H and O–H groups in total. The number of methoxy groups -OCH3 is 1. The normalized spacial score (nSPS) is 10.9. The van der Waals surface area contributed by atoms with Crippen molar-refractivity contribution in [3.8, 4) is 16.3 Å². The van der Waals surface area contributed by atoms with Crippen LogP contribution in [0.15, 0.2) is 39.2 Å². The van der Waals surface area contributed by atoms with Crippen LogP contribution in [0, 0.1) is 0 Å². The van der Waals surface area contributed by atoms with Gasteiger partial charge in [0.15, 0.2) is 0 Å². The van der Waals surface area contributed by atoms with Crippen molar-refractivity contribution in [3.63, 3.8) is 0 Å². The third-order valence-electron chi connectivity index (χ3n) is 4.89. The van der Waals surface area contributed by atoms with Gasteiger partial charge in [-0.1, -0.05) is 13.3 Å². The number of benzene rings is 1. The molecule has 0 aliphatic carbocycles. The van der Waals surface area contributed by atoms with Crippen LogP contribution < -0.4 is 26.6 Å². The SMILES string of the molecule is CCCCn1c(N)c(N(CC)Cc2csc(-c3ccc(OC)cc3)n2)c(=O)[nH]c1=O. The van der Waals surface area contributed by atoms with Crippen molar-refractivity contribution in [1.29, 1.82) is 0 Å². The summed E-state index contributed by atoms with van der Waals surface area (Å²) in [5.74, 6) is 0.991. The van der Waals surface area contributed by atoms with Gasteiger partial charge >= 0.3 is 5.69 Å². The van der Waals surface area contributed by atoms with Crippen molar-refractivity contribution in [2.75, 3.05) is 24.3 Å². The summed E-state index contributed by atoms with van der Waals surface area (Å²) in [6.07, 6.45) is 1.73. The Morgan fingerprint density at radius 3 is 2.60 bits per heavy atom. The second-order valence-electron chi connectivity index (χ2n) is 6.88. The number of thiazole rings is 1. The van der Waals surface area contributed by atoms with Crippen LogP contribution in [0.1, 0.15) is 32.4 Å². The smallest absolute Gasteiger partial charge is 0.330 e. The topological polar surface area (TPSA) is 106 Å². The van der Waals surface area contributed by atoms with Crippen LogP contribution in [0.3, 0.4) is 0 Å². The molecule has 0 spiro atoms. The number of hydrogen-bond acceptors (Lipinski definition) is 7. The van der Waals surface area contributed by atoms with Crippen LogP contribution in [-0.4, -0.2) is 28.2 Å². The molecule has 2 heterocycles. The molecule has 0 radical (unpaired) electrons. The Bertz CT molecular complexity index is 1100. The molecule has 0 amide bonds. The summed E-state index contributed by atoms with van der Waals surface area (Å²) in [5.41, 5.74) is 7.45. The summed E-state index contributed by atoms with van der Waals surface area (Å²) >= 11 is 1.54. The molecular formula is C21H27N5O3S. The van der Waals surface area contributed by atoms with Crippen LogP contribution >= 0.6 is 11.3 Å². The Hall–Kier alpha value is -3.07. The number of nitrogen functional groups attached to an aromatic ring is 1. The predicted molar refractivity (Wildman–Crippen MR) is 121 cm³/mol. The molecule has 0 bridgehead atoms. The van der Waals surface area contributed by atoms with Gasteiger partial charge in [-0.05, 0) is 37.6 Å². The highest BCUT2D eigenvalue weighted by Gasteiger charge is 2.19. The molecule has 2 aromatic heterocycles. The second-order valence-corrected chi connectivity index (χ2v) is 7.74. The van der Waals surface area contributed by atoms with Crippen molar-refractivity contribution in [2.24, 2.45) is 0 Å². The fourth-order valence-corrected chi connectivity index (χ4v) is 4.03. The first kappa shape index (κ1) is 21.6. The van der Waals surface area contributed by atoms with Gasteiger partial charge in [-0.2, -0.15) is 0 Å². The van der Waals surface area contributed by atoms with E-state index in [1.807, 2.05) is 48.4 Å². The van der Waals surface area contributed by atoms with E-state index in [9.17, 15) is 9.59 Å². The van der Waals surface area contributed by atoms with Gasteiger partial charge in [0.1, 0.15) is 22.3 Å².